The van der Waals surface area contributed by atoms with Crippen LogP contribution in [0.25, 0.3) is 10.9 Å². The summed E-state index contributed by atoms with van der Waals surface area (Å²) in [6.07, 6.45) is -3.56. The summed E-state index contributed by atoms with van der Waals surface area (Å²) in [4.78, 5) is 35.8. The largest absolute Gasteiger partial charge is 0.406 e. The molecule has 4 rings (SSSR count). The molecule has 0 saturated carbocycles. The quantitative estimate of drug-likeness (QED) is 0.646. The number of alkyl halides is 3. The summed E-state index contributed by atoms with van der Waals surface area (Å²) < 4.78 is 40.4. The van der Waals surface area contributed by atoms with Crippen LogP contribution in [0.1, 0.15) is 40.2 Å². The van der Waals surface area contributed by atoms with E-state index in [0.29, 0.717) is 29.5 Å². The Bertz CT molecular complexity index is 1140. The van der Waals surface area contributed by atoms with Crippen molar-refractivity contribution in [3.8, 4) is 0 Å². The molecule has 1 fully saturated rings. The lowest BCUT2D eigenvalue weighted by atomic mass is 10.1. The predicted octanol–water partition coefficient (Wildman–Crippen LogP) is 3.70. The molecule has 1 aliphatic heterocycles. The molecule has 0 spiro atoms. The molecule has 152 valence electrons. The minimum atomic E-state index is -4.60. The Labute approximate surface area is 167 Å². The second kappa shape index (κ2) is 7.25. The molecule has 6 nitrogen and oxygen atoms in total. The molecule has 1 aromatic carbocycles. The van der Waals surface area contributed by atoms with Crippen LogP contribution in [0.2, 0.25) is 0 Å². The Balaban J connectivity index is 1.84. The van der Waals surface area contributed by atoms with Crippen molar-refractivity contribution in [1.29, 1.82) is 0 Å². The Hall–Kier alpha value is -2.75. The van der Waals surface area contributed by atoms with Gasteiger partial charge in [-0.1, -0.05) is 12.1 Å². The number of rotatable bonds is 3. The van der Waals surface area contributed by atoms with Crippen LogP contribution >= 0.6 is 11.3 Å². The van der Waals surface area contributed by atoms with Crippen LogP contribution in [-0.4, -0.2) is 38.1 Å². The number of para-hydroxylation sites is 1. The number of amides is 1. The van der Waals surface area contributed by atoms with Gasteiger partial charge in [0.2, 0.25) is 0 Å². The number of hydrogen-bond acceptors (Lipinski definition) is 5. The molecular weight excluding hydrogens is 405 g/mol. The molecule has 1 atom stereocenters. The fourth-order valence-electron chi connectivity index (χ4n) is 3.66. The molecule has 3 aromatic rings. The molecule has 3 heterocycles. The van der Waals surface area contributed by atoms with Crippen molar-refractivity contribution in [2.24, 2.45) is 0 Å². The molecule has 10 heteroatoms. The highest BCUT2D eigenvalue weighted by atomic mass is 32.1. The Morgan fingerprint density at radius 3 is 2.72 bits per heavy atom. The number of aryl methyl sites for hydroxylation is 1. The van der Waals surface area contributed by atoms with Gasteiger partial charge in [-0.05, 0) is 31.9 Å². The summed E-state index contributed by atoms with van der Waals surface area (Å²) in [5.41, 5.74) is -0.189. The maximum atomic E-state index is 13.2. The van der Waals surface area contributed by atoms with Crippen molar-refractivity contribution in [1.82, 2.24) is 19.4 Å². The van der Waals surface area contributed by atoms with Gasteiger partial charge in [0.25, 0.3) is 11.5 Å². The van der Waals surface area contributed by atoms with Gasteiger partial charge in [-0.2, -0.15) is 13.2 Å². The van der Waals surface area contributed by atoms with Crippen LogP contribution in [0.5, 0.6) is 0 Å². The van der Waals surface area contributed by atoms with Gasteiger partial charge in [0, 0.05) is 11.9 Å². The molecule has 0 aliphatic carbocycles. The van der Waals surface area contributed by atoms with E-state index in [0.717, 1.165) is 5.01 Å². The summed E-state index contributed by atoms with van der Waals surface area (Å²) in [5.74, 6) is -0.401. The average Bonchev–Trinajstić information content (AvgIpc) is 3.31. The summed E-state index contributed by atoms with van der Waals surface area (Å²) in [7, 11) is 0. The van der Waals surface area contributed by atoms with Crippen LogP contribution < -0.4 is 5.56 Å². The van der Waals surface area contributed by atoms with Crippen LogP contribution in [0.15, 0.2) is 34.4 Å². The average molecular weight is 422 g/mol. The molecule has 0 radical (unpaired) electrons. The molecule has 2 aromatic heterocycles. The first-order chi connectivity index (χ1) is 13.7. The summed E-state index contributed by atoms with van der Waals surface area (Å²) in [5, 5.41) is 2.47. The highest BCUT2D eigenvalue weighted by molar-refractivity contribution is 7.09. The number of hydrogen-bond donors (Lipinski definition) is 0. The van der Waals surface area contributed by atoms with E-state index < -0.39 is 24.3 Å². The number of carbonyl (C=O) groups is 1. The van der Waals surface area contributed by atoms with E-state index in [-0.39, 0.29) is 22.8 Å². The predicted molar refractivity (Wildman–Crippen MR) is 102 cm³/mol. The number of fused-ring (bicyclic) bond motifs is 1. The molecule has 29 heavy (non-hydrogen) atoms. The third-order valence-electron chi connectivity index (χ3n) is 4.88. The molecule has 1 unspecified atom stereocenters. The standard InChI is InChI=1S/C19H17F3N4O2S/c1-11-23-14(9-29-11)18(28)25-8-4-7-15(25)16-24-13-6-3-2-5-12(13)17(27)26(16)10-19(20,21)22/h2-3,5-6,9,15H,4,7-8,10H2,1H3. The summed E-state index contributed by atoms with van der Waals surface area (Å²) in [6.45, 7) is 0.691. The van der Waals surface area contributed by atoms with E-state index in [1.165, 1.54) is 22.3 Å². The van der Waals surface area contributed by atoms with Gasteiger partial charge < -0.3 is 4.90 Å². The van der Waals surface area contributed by atoms with Crippen molar-refractivity contribution >= 4 is 28.1 Å². The fraction of sp³-hybridized carbons (Fsp3) is 0.368. The second-order valence-electron chi connectivity index (χ2n) is 6.90. The zero-order valence-electron chi connectivity index (χ0n) is 15.4. The van der Waals surface area contributed by atoms with Gasteiger partial charge in [-0.15, -0.1) is 11.3 Å². The van der Waals surface area contributed by atoms with Gasteiger partial charge in [0.1, 0.15) is 18.1 Å². The second-order valence-corrected chi connectivity index (χ2v) is 7.96. The Kier molecular flexibility index (Phi) is 4.89. The van der Waals surface area contributed by atoms with Crippen LogP contribution in [0.3, 0.4) is 0 Å². The highest BCUT2D eigenvalue weighted by Gasteiger charge is 2.37. The minimum Gasteiger partial charge on any atom is -0.327 e. The maximum absolute atomic E-state index is 13.2. The smallest absolute Gasteiger partial charge is 0.327 e. The van der Waals surface area contributed by atoms with E-state index in [4.69, 9.17) is 0 Å². The number of aromatic nitrogens is 3. The number of nitrogens with zero attached hydrogens (tertiary/aromatic N) is 4. The molecule has 0 bridgehead atoms. The van der Waals surface area contributed by atoms with Crippen molar-refractivity contribution in [3.05, 3.63) is 56.5 Å². The summed E-state index contributed by atoms with van der Waals surface area (Å²) >= 11 is 1.33. The van der Waals surface area contributed by atoms with E-state index in [2.05, 4.69) is 9.97 Å². The minimum absolute atomic E-state index is 0.0381. The number of carbonyl (C=O) groups excluding carboxylic acids is 1. The zero-order chi connectivity index (χ0) is 20.8. The first-order valence-corrected chi connectivity index (χ1v) is 9.92. The SMILES string of the molecule is Cc1nc(C(=O)N2CCCC2c2nc3ccccc3c(=O)n2CC(F)(F)F)cs1. The Morgan fingerprint density at radius 2 is 2.03 bits per heavy atom. The highest BCUT2D eigenvalue weighted by Crippen LogP contribution is 2.33. The topological polar surface area (TPSA) is 68.1 Å². The number of likely N-dealkylation sites (tertiary alicyclic amines) is 1. The van der Waals surface area contributed by atoms with E-state index in [1.54, 1.807) is 30.5 Å². The lowest BCUT2D eigenvalue weighted by molar-refractivity contribution is -0.141. The van der Waals surface area contributed by atoms with E-state index in [1.807, 2.05) is 0 Å². The van der Waals surface area contributed by atoms with E-state index in [9.17, 15) is 22.8 Å². The van der Waals surface area contributed by atoms with Gasteiger partial charge in [0.15, 0.2) is 0 Å². The lowest BCUT2D eigenvalue weighted by Gasteiger charge is -2.26. The van der Waals surface area contributed by atoms with Crippen molar-refractivity contribution in [2.45, 2.75) is 38.5 Å². The molecule has 1 saturated heterocycles. The zero-order valence-corrected chi connectivity index (χ0v) is 16.3. The van der Waals surface area contributed by atoms with Gasteiger partial charge >= 0.3 is 6.18 Å². The van der Waals surface area contributed by atoms with Crippen molar-refractivity contribution in [2.75, 3.05) is 6.54 Å². The Morgan fingerprint density at radius 1 is 1.28 bits per heavy atom. The first-order valence-electron chi connectivity index (χ1n) is 9.04. The molecule has 0 N–H and O–H groups in total. The van der Waals surface area contributed by atoms with Crippen LogP contribution in [0.4, 0.5) is 13.2 Å². The fourth-order valence-corrected chi connectivity index (χ4v) is 4.25. The van der Waals surface area contributed by atoms with Crippen LogP contribution in [0, 0.1) is 6.92 Å². The summed E-state index contributed by atoms with van der Waals surface area (Å²) in [6, 6.07) is 5.57. The van der Waals surface area contributed by atoms with Gasteiger partial charge in [-0.25, -0.2) is 9.97 Å². The van der Waals surface area contributed by atoms with E-state index >= 15 is 0 Å². The van der Waals surface area contributed by atoms with Crippen LogP contribution in [-0.2, 0) is 6.54 Å². The van der Waals surface area contributed by atoms with Crippen molar-refractivity contribution in [3.63, 3.8) is 0 Å². The number of thiazole rings is 1. The van der Waals surface area contributed by atoms with Gasteiger partial charge in [0.05, 0.1) is 22.0 Å². The van der Waals surface area contributed by atoms with Crippen molar-refractivity contribution < 1.29 is 18.0 Å². The maximum Gasteiger partial charge on any atom is 0.406 e. The lowest BCUT2D eigenvalue weighted by Crippen LogP contribution is -2.38. The van der Waals surface area contributed by atoms with Gasteiger partial charge in [-0.3, -0.25) is 14.2 Å². The number of halogens is 3. The third-order valence-corrected chi connectivity index (χ3v) is 5.65. The molecular formula is C19H17F3N4O2S. The normalized spacial score (nSPS) is 17.2. The first kappa shape index (κ1) is 19.6. The molecule has 1 amide bonds. The monoisotopic (exact) mass is 422 g/mol. The number of benzene rings is 1. The molecule has 1 aliphatic rings. The third kappa shape index (κ3) is 3.76.